The first-order valence-electron chi connectivity index (χ1n) is 8.14. The van der Waals surface area contributed by atoms with Gasteiger partial charge in [0, 0.05) is 38.3 Å². The van der Waals surface area contributed by atoms with Crippen LogP contribution in [0.5, 0.6) is 0 Å². The van der Waals surface area contributed by atoms with E-state index in [0.717, 1.165) is 24.6 Å². The molecule has 0 saturated carbocycles. The Hall–Kier alpha value is -1.47. The van der Waals surface area contributed by atoms with Crippen molar-refractivity contribution >= 4 is 23.3 Å². The van der Waals surface area contributed by atoms with Crippen LogP contribution in [0.4, 0.5) is 4.79 Å². The number of likely N-dealkylation sites (N-methyl/N-ethyl adjacent to an activating group) is 1. The molecule has 0 atom stereocenters. The fraction of sp³-hybridized carbons (Fsp3) is 0.688. The average Bonchev–Trinajstić information content (AvgIpc) is 3.09. The van der Waals surface area contributed by atoms with Crippen LogP contribution in [0.25, 0.3) is 0 Å². The van der Waals surface area contributed by atoms with E-state index in [1.54, 1.807) is 18.4 Å². The minimum atomic E-state index is -0.629. The number of carbonyl (C=O) groups is 2. The SMILES string of the molecule is CC(C)CN1C(=O)N(C)C(=O)C12CCN(Cc1nccs1)CC2. The van der Waals surface area contributed by atoms with E-state index in [0.29, 0.717) is 25.3 Å². The zero-order chi connectivity index (χ0) is 16.6. The van der Waals surface area contributed by atoms with Crippen molar-refractivity contribution in [2.45, 2.75) is 38.8 Å². The van der Waals surface area contributed by atoms with Gasteiger partial charge in [-0.1, -0.05) is 13.8 Å². The lowest BCUT2D eigenvalue weighted by atomic mass is 9.85. The summed E-state index contributed by atoms with van der Waals surface area (Å²) in [5, 5.41) is 3.09. The maximum atomic E-state index is 12.7. The Labute approximate surface area is 141 Å². The van der Waals surface area contributed by atoms with E-state index in [2.05, 4.69) is 23.7 Å². The number of imide groups is 1. The molecule has 3 amide bonds. The first kappa shape index (κ1) is 16.4. The van der Waals surface area contributed by atoms with Gasteiger partial charge in [-0.05, 0) is 18.8 Å². The van der Waals surface area contributed by atoms with Crippen LogP contribution < -0.4 is 0 Å². The van der Waals surface area contributed by atoms with Gasteiger partial charge in [0.1, 0.15) is 10.5 Å². The third-order valence-corrected chi connectivity index (χ3v) is 5.57. The van der Waals surface area contributed by atoms with E-state index in [9.17, 15) is 9.59 Å². The first-order chi connectivity index (χ1) is 10.9. The van der Waals surface area contributed by atoms with Gasteiger partial charge < -0.3 is 4.90 Å². The minimum Gasteiger partial charge on any atom is -0.309 e. The van der Waals surface area contributed by atoms with Gasteiger partial charge in [-0.2, -0.15) is 0 Å². The fourth-order valence-electron chi connectivity index (χ4n) is 3.58. The van der Waals surface area contributed by atoms with E-state index in [4.69, 9.17) is 0 Å². The molecule has 3 heterocycles. The topological polar surface area (TPSA) is 56.8 Å². The predicted molar refractivity (Wildman–Crippen MR) is 89.1 cm³/mol. The molecule has 1 aromatic rings. The molecule has 1 spiro atoms. The molecule has 7 heteroatoms. The summed E-state index contributed by atoms with van der Waals surface area (Å²) < 4.78 is 0. The standard InChI is InChI=1S/C16H24N4O2S/c1-12(2)10-20-15(22)18(3)14(21)16(20)4-7-19(8-5-16)11-13-17-6-9-23-13/h6,9,12H,4-5,7-8,10-11H2,1-3H3. The lowest BCUT2D eigenvalue weighted by Crippen LogP contribution is -2.57. The summed E-state index contributed by atoms with van der Waals surface area (Å²) in [6.45, 7) is 7.28. The number of hydrogen-bond donors (Lipinski definition) is 0. The number of aromatic nitrogens is 1. The molecule has 0 N–H and O–H groups in total. The van der Waals surface area contributed by atoms with Crippen LogP contribution in [0.1, 0.15) is 31.7 Å². The Balaban J connectivity index is 1.73. The van der Waals surface area contributed by atoms with Crippen LogP contribution in [0.3, 0.4) is 0 Å². The number of piperidine rings is 1. The molecule has 126 valence electrons. The van der Waals surface area contributed by atoms with Gasteiger partial charge >= 0.3 is 6.03 Å². The molecular formula is C16H24N4O2S. The van der Waals surface area contributed by atoms with Gasteiger partial charge in [0.2, 0.25) is 0 Å². The minimum absolute atomic E-state index is 0.0305. The maximum absolute atomic E-state index is 12.7. The van der Waals surface area contributed by atoms with Crippen LogP contribution in [0, 0.1) is 5.92 Å². The van der Waals surface area contributed by atoms with Crippen LogP contribution in [-0.2, 0) is 11.3 Å². The van der Waals surface area contributed by atoms with Crippen molar-refractivity contribution < 1.29 is 9.59 Å². The van der Waals surface area contributed by atoms with E-state index in [1.807, 2.05) is 16.5 Å². The van der Waals surface area contributed by atoms with E-state index < -0.39 is 5.54 Å². The second kappa shape index (κ2) is 6.20. The van der Waals surface area contributed by atoms with E-state index in [1.165, 1.54) is 4.90 Å². The monoisotopic (exact) mass is 336 g/mol. The normalized spacial score (nSPS) is 21.9. The molecule has 2 saturated heterocycles. The molecule has 1 aromatic heterocycles. The smallest absolute Gasteiger partial charge is 0.309 e. The van der Waals surface area contributed by atoms with Crippen molar-refractivity contribution in [2.24, 2.45) is 5.92 Å². The van der Waals surface area contributed by atoms with Crippen molar-refractivity contribution in [3.8, 4) is 0 Å². The summed E-state index contributed by atoms with van der Waals surface area (Å²) >= 11 is 1.66. The summed E-state index contributed by atoms with van der Waals surface area (Å²) in [6.07, 6.45) is 3.24. The van der Waals surface area contributed by atoms with Gasteiger partial charge in [0.25, 0.3) is 5.91 Å². The van der Waals surface area contributed by atoms with Crippen molar-refractivity contribution in [2.75, 3.05) is 26.7 Å². The number of rotatable bonds is 4. The number of urea groups is 1. The van der Waals surface area contributed by atoms with Crippen molar-refractivity contribution in [1.29, 1.82) is 0 Å². The molecule has 6 nitrogen and oxygen atoms in total. The van der Waals surface area contributed by atoms with Gasteiger partial charge in [-0.3, -0.25) is 14.6 Å². The van der Waals surface area contributed by atoms with Crippen LogP contribution in [0.2, 0.25) is 0 Å². The zero-order valence-electron chi connectivity index (χ0n) is 14.0. The third kappa shape index (κ3) is 2.87. The Kier molecular flexibility index (Phi) is 4.42. The molecule has 0 bridgehead atoms. The van der Waals surface area contributed by atoms with E-state index >= 15 is 0 Å². The van der Waals surface area contributed by atoms with Crippen molar-refractivity contribution in [1.82, 2.24) is 19.7 Å². The molecule has 2 aliphatic rings. The Morgan fingerprint density at radius 2 is 2.00 bits per heavy atom. The summed E-state index contributed by atoms with van der Waals surface area (Å²) in [7, 11) is 1.61. The quantitative estimate of drug-likeness (QED) is 0.790. The molecule has 0 aliphatic carbocycles. The maximum Gasteiger partial charge on any atom is 0.327 e. The number of likely N-dealkylation sites (tertiary alicyclic amines) is 1. The molecule has 0 aromatic carbocycles. The molecule has 0 radical (unpaired) electrons. The van der Waals surface area contributed by atoms with Crippen molar-refractivity contribution in [3.05, 3.63) is 16.6 Å². The third-order valence-electron chi connectivity index (χ3n) is 4.81. The van der Waals surface area contributed by atoms with Gasteiger partial charge in [-0.15, -0.1) is 11.3 Å². The summed E-state index contributed by atoms with van der Waals surface area (Å²) in [5.41, 5.74) is -0.629. The lowest BCUT2D eigenvalue weighted by molar-refractivity contribution is -0.135. The molecule has 3 rings (SSSR count). The highest BCUT2D eigenvalue weighted by Crippen LogP contribution is 2.37. The van der Waals surface area contributed by atoms with Gasteiger partial charge in [-0.25, -0.2) is 9.78 Å². The molecule has 0 unspecified atom stereocenters. The van der Waals surface area contributed by atoms with Crippen LogP contribution in [0.15, 0.2) is 11.6 Å². The number of carbonyl (C=O) groups excluding carboxylic acids is 2. The van der Waals surface area contributed by atoms with Crippen LogP contribution >= 0.6 is 11.3 Å². The molecular weight excluding hydrogens is 312 g/mol. The fourth-order valence-corrected chi connectivity index (χ4v) is 4.24. The highest BCUT2D eigenvalue weighted by Gasteiger charge is 2.56. The second-order valence-corrected chi connectivity index (χ2v) is 7.86. The highest BCUT2D eigenvalue weighted by molar-refractivity contribution is 7.09. The summed E-state index contributed by atoms with van der Waals surface area (Å²) in [4.78, 5) is 35.0. The van der Waals surface area contributed by atoms with Gasteiger partial charge in [0.05, 0.1) is 6.54 Å². The first-order valence-corrected chi connectivity index (χ1v) is 9.02. The Morgan fingerprint density at radius 3 is 2.57 bits per heavy atom. The zero-order valence-corrected chi connectivity index (χ0v) is 14.8. The number of amides is 3. The second-order valence-electron chi connectivity index (χ2n) is 6.88. The molecule has 2 fully saturated rings. The number of nitrogens with zero attached hydrogens (tertiary/aromatic N) is 4. The summed E-state index contributed by atoms with van der Waals surface area (Å²) in [6, 6.07) is -0.142. The number of hydrogen-bond acceptors (Lipinski definition) is 5. The lowest BCUT2D eigenvalue weighted by Gasteiger charge is -2.42. The number of thiazole rings is 1. The van der Waals surface area contributed by atoms with Crippen LogP contribution in [-0.4, -0.2) is 63.8 Å². The predicted octanol–water partition coefficient (Wildman–Crippen LogP) is 2.03. The average molecular weight is 336 g/mol. The Morgan fingerprint density at radius 1 is 1.30 bits per heavy atom. The molecule has 2 aliphatic heterocycles. The summed E-state index contributed by atoms with van der Waals surface area (Å²) in [5.74, 6) is 0.320. The largest absolute Gasteiger partial charge is 0.327 e. The molecule has 23 heavy (non-hydrogen) atoms. The Bertz CT molecular complexity index is 579. The van der Waals surface area contributed by atoms with Gasteiger partial charge in [0.15, 0.2) is 0 Å². The van der Waals surface area contributed by atoms with Crippen molar-refractivity contribution in [3.63, 3.8) is 0 Å². The highest BCUT2D eigenvalue weighted by atomic mass is 32.1. The van der Waals surface area contributed by atoms with E-state index in [-0.39, 0.29) is 11.9 Å².